The summed E-state index contributed by atoms with van der Waals surface area (Å²) in [6.07, 6.45) is 0. The molecule has 1 aliphatic heterocycles. The Morgan fingerprint density at radius 3 is 2.77 bits per heavy atom. The summed E-state index contributed by atoms with van der Waals surface area (Å²) in [6, 6.07) is 12.7. The third kappa shape index (κ3) is 4.59. The van der Waals surface area contributed by atoms with E-state index in [-0.39, 0.29) is 5.75 Å². The van der Waals surface area contributed by atoms with Crippen molar-refractivity contribution in [1.82, 2.24) is 14.9 Å². The van der Waals surface area contributed by atoms with Crippen LogP contribution in [0.2, 0.25) is 0 Å². The summed E-state index contributed by atoms with van der Waals surface area (Å²) in [5, 5.41) is 22.6. The quantitative estimate of drug-likeness (QED) is 0.645. The summed E-state index contributed by atoms with van der Waals surface area (Å²) >= 11 is 0. The lowest BCUT2D eigenvalue weighted by molar-refractivity contribution is 0.0320. The van der Waals surface area contributed by atoms with Crippen molar-refractivity contribution >= 4 is 22.5 Å². The number of hydrogen-bond donors (Lipinski definition) is 2. The smallest absolute Gasteiger partial charge is 0.213 e. The van der Waals surface area contributed by atoms with Crippen molar-refractivity contribution in [2.75, 3.05) is 44.8 Å². The topological polar surface area (TPSA) is 104 Å². The van der Waals surface area contributed by atoms with Crippen LogP contribution in [-0.2, 0) is 4.74 Å². The number of aromatic hydroxyl groups is 1. The van der Waals surface area contributed by atoms with Gasteiger partial charge in [0.05, 0.1) is 29.8 Å². The Hall–Kier alpha value is -3.41. The average Bonchev–Trinajstić information content (AvgIpc) is 2.76. The van der Waals surface area contributed by atoms with E-state index in [1.54, 1.807) is 24.3 Å². The summed E-state index contributed by atoms with van der Waals surface area (Å²) in [7, 11) is 0. The number of benzene rings is 1. The fraction of sp³-hybridized carbons (Fsp3) is 0.318. The van der Waals surface area contributed by atoms with Gasteiger partial charge in [0.15, 0.2) is 0 Å². The molecule has 0 saturated carbocycles. The monoisotopic (exact) mass is 405 g/mol. The van der Waals surface area contributed by atoms with Crippen molar-refractivity contribution in [2.45, 2.75) is 6.92 Å². The molecule has 2 aromatic heterocycles. The number of anilines is 2. The van der Waals surface area contributed by atoms with Crippen LogP contribution in [0.25, 0.3) is 11.0 Å². The van der Waals surface area contributed by atoms with Crippen LogP contribution >= 0.6 is 0 Å². The first kappa shape index (κ1) is 19.9. The van der Waals surface area contributed by atoms with E-state index in [0.717, 1.165) is 38.4 Å². The van der Waals surface area contributed by atoms with Gasteiger partial charge >= 0.3 is 0 Å². The Bertz CT molecular complexity index is 1090. The summed E-state index contributed by atoms with van der Waals surface area (Å²) in [6.45, 7) is 6.52. The zero-order valence-corrected chi connectivity index (χ0v) is 16.8. The normalized spacial score (nSPS) is 14.4. The molecule has 3 aromatic rings. The average molecular weight is 405 g/mol. The van der Waals surface area contributed by atoms with Gasteiger partial charge in [0, 0.05) is 37.5 Å². The van der Waals surface area contributed by atoms with E-state index in [1.807, 2.05) is 19.1 Å². The first-order valence-electron chi connectivity index (χ1n) is 9.84. The van der Waals surface area contributed by atoms with Gasteiger partial charge in [-0.05, 0) is 30.7 Å². The third-order valence-electron chi connectivity index (χ3n) is 5.00. The molecule has 0 atom stereocenters. The van der Waals surface area contributed by atoms with Gasteiger partial charge in [0.1, 0.15) is 24.2 Å². The van der Waals surface area contributed by atoms with E-state index in [0.29, 0.717) is 40.6 Å². The number of phenols is 1. The minimum Gasteiger partial charge on any atom is -0.508 e. The number of aromatic nitrogens is 2. The molecule has 1 aliphatic rings. The van der Waals surface area contributed by atoms with Crippen LogP contribution in [0, 0.1) is 18.3 Å². The van der Waals surface area contributed by atoms with Gasteiger partial charge < -0.3 is 19.9 Å². The second-order valence-corrected chi connectivity index (χ2v) is 7.11. The van der Waals surface area contributed by atoms with Crippen molar-refractivity contribution < 1.29 is 14.6 Å². The molecule has 0 aliphatic carbocycles. The highest BCUT2D eigenvalue weighted by atomic mass is 16.5. The number of phenolic OH excluding ortho intramolecular Hbond substituents is 1. The van der Waals surface area contributed by atoms with Crippen molar-refractivity contribution in [2.24, 2.45) is 0 Å². The number of nitriles is 1. The maximum Gasteiger partial charge on any atom is 0.213 e. The SMILES string of the molecule is Cc1ccc(Nc2nc3ccc(OCCN4CCOCC4)nc3cc2C#N)cc1O. The number of hydrogen-bond acceptors (Lipinski definition) is 8. The van der Waals surface area contributed by atoms with Gasteiger partial charge in [0.25, 0.3) is 0 Å². The standard InChI is InChI=1S/C22H23N5O3/c1-15-2-3-17(13-20(15)28)24-22-16(14-23)12-19-18(26-22)4-5-21(25-19)30-11-8-27-6-9-29-10-7-27/h2-5,12-13,28H,6-11H2,1H3,(H,24,26). The highest BCUT2D eigenvalue weighted by Crippen LogP contribution is 2.27. The largest absolute Gasteiger partial charge is 0.508 e. The molecule has 3 heterocycles. The van der Waals surface area contributed by atoms with Crippen LogP contribution in [0.4, 0.5) is 11.5 Å². The van der Waals surface area contributed by atoms with Crippen molar-refractivity contribution in [3.05, 3.63) is 47.5 Å². The Kier molecular flexibility index (Phi) is 5.93. The molecule has 0 amide bonds. The lowest BCUT2D eigenvalue weighted by Crippen LogP contribution is -2.38. The van der Waals surface area contributed by atoms with Crippen molar-refractivity contribution in [3.8, 4) is 17.7 Å². The lowest BCUT2D eigenvalue weighted by Gasteiger charge is -2.26. The minimum atomic E-state index is 0.180. The maximum atomic E-state index is 9.90. The van der Waals surface area contributed by atoms with E-state index in [9.17, 15) is 10.4 Å². The van der Waals surface area contributed by atoms with Gasteiger partial charge in [-0.15, -0.1) is 0 Å². The van der Waals surface area contributed by atoms with Crippen molar-refractivity contribution in [1.29, 1.82) is 5.26 Å². The van der Waals surface area contributed by atoms with Gasteiger partial charge in [-0.25, -0.2) is 9.97 Å². The summed E-state index contributed by atoms with van der Waals surface area (Å²) in [5.74, 6) is 1.10. The molecule has 154 valence electrons. The Morgan fingerprint density at radius 2 is 2.00 bits per heavy atom. The van der Waals surface area contributed by atoms with E-state index < -0.39 is 0 Å². The molecule has 1 aromatic carbocycles. The molecule has 30 heavy (non-hydrogen) atoms. The van der Waals surface area contributed by atoms with Gasteiger partial charge in [-0.2, -0.15) is 5.26 Å². The van der Waals surface area contributed by atoms with E-state index in [4.69, 9.17) is 9.47 Å². The number of nitrogens with zero attached hydrogens (tertiary/aromatic N) is 4. The maximum absolute atomic E-state index is 9.90. The second kappa shape index (κ2) is 8.95. The summed E-state index contributed by atoms with van der Waals surface area (Å²) in [4.78, 5) is 11.3. The summed E-state index contributed by atoms with van der Waals surface area (Å²) < 4.78 is 11.1. The lowest BCUT2D eigenvalue weighted by atomic mass is 10.2. The predicted octanol–water partition coefficient (Wildman–Crippen LogP) is 2.97. The molecule has 1 fully saturated rings. The number of morpholine rings is 1. The first-order valence-corrected chi connectivity index (χ1v) is 9.84. The molecular weight excluding hydrogens is 382 g/mol. The molecule has 2 N–H and O–H groups in total. The minimum absolute atomic E-state index is 0.180. The highest BCUT2D eigenvalue weighted by Gasteiger charge is 2.12. The van der Waals surface area contributed by atoms with Crippen LogP contribution in [0.1, 0.15) is 11.1 Å². The van der Waals surface area contributed by atoms with Crippen LogP contribution in [-0.4, -0.2) is 59.4 Å². The Morgan fingerprint density at radius 1 is 1.17 bits per heavy atom. The molecule has 0 radical (unpaired) electrons. The van der Waals surface area contributed by atoms with Crippen molar-refractivity contribution in [3.63, 3.8) is 0 Å². The third-order valence-corrected chi connectivity index (χ3v) is 5.00. The van der Waals surface area contributed by atoms with E-state index >= 15 is 0 Å². The number of rotatable bonds is 6. The number of nitrogens with one attached hydrogen (secondary N) is 1. The summed E-state index contributed by atoms with van der Waals surface area (Å²) in [5.41, 5.74) is 3.02. The molecule has 8 heteroatoms. The second-order valence-electron chi connectivity index (χ2n) is 7.11. The molecule has 1 saturated heterocycles. The van der Waals surface area contributed by atoms with E-state index in [1.165, 1.54) is 0 Å². The molecule has 0 unspecified atom stereocenters. The van der Waals surface area contributed by atoms with Crippen LogP contribution in [0.15, 0.2) is 36.4 Å². The fourth-order valence-corrected chi connectivity index (χ4v) is 3.22. The number of aryl methyl sites for hydroxylation is 1. The molecule has 0 bridgehead atoms. The van der Waals surface area contributed by atoms with Crippen LogP contribution < -0.4 is 10.1 Å². The van der Waals surface area contributed by atoms with Gasteiger partial charge in [0.2, 0.25) is 5.88 Å². The first-order chi connectivity index (χ1) is 14.6. The van der Waals surface area contributed by atoms with Gasteiger partial charge in [-0.3, -0.25) is 4.90 Å². The number of ether oxygens (including phenoxy) is 2. The molecule has 0 spiro atoms. The Labute approximate surface area is 174 Å². The highest BCUT2D eigenvalue weighted by molar-refractivity contribution is 5.81. The molecule has 4 rings (SSSR count). The molecular formula is C22H23N5O3. The zero-order chi connectivity index (χ0) is 20.9. The molecule has 8 nitrogen and oxygen atoms in total. The predicted molar refractivity (Wildman–Crippen MR) is 113 cm³/mol. The zero-order valence-electron chi connectivity index (χ0n) is 16.8. The Balaban J connectivity index is 1.49. The fourth-order valence-electron chi connectivity index (χ4n) is 3.22. The van der Waals surface area contributed by atoms with Gasteiger partial charge in [-0.1, -0.05) is 6.07 Å². The van der Waals surface area contributed by atoms with E-state index in [2.05, 4.69) is 26.3 Å². The number of fused-ring (bicyclic) bond motifs is 1. The number of pyridine rings is 2. The van der Waals surface area contributed by atoms with Crippen LogP contribution in [0.3, 0.4) is 0 Å². The van der Waals surface area contributed by atoms with Crippen LogP contribution in [0.5, 0.6) is 11.6 Å².